The molecule has 0 aliphatic carbocycles. The number of pyridine rings is 1. The molecule has 3 heteroatoms. The minimum Gasteiger partial charge on any atom is -0.492 e. The van der Waals surface area contributed by atoms with E-state index in [1.54, 1.807) is 6.07 Å². The highest BCUT2D eigenvalue weighted by Crippen LogP contribution is 2.21. The maximum atomic E-state index is 11.1. The second kappa shape index (κ2) is 3.54. The van der Waals surface area contributed by atoms with Crippen LogP contribution in [0.3, 0.4) is 0 Å². The Balaban J connectivity index is 2.71. The maximum Gasteiger partial charge on any atom is 0.248 e. The van der Waals surface area contributed by atoms with Crippen LogP contribution in [0, 0.1) is 0 Å². The van der Waals surface area contributed by atoms with Crippen LogP contribution in [0.5, 0.6) is 5.75 Å². The van der Waals surface area contributed by atoms with Gasteiger partial charge in [-0.05, 0) is 19.1 Å². The Hall–Kier alpha value is -1.77. The van der Waals surface area contributed by atoms with Gasteiger partial charge in [-0.1, -0.05) is 12.1 Å². The highest BCUT2D eigenvalue weighted by atomic mass is 16.5. The third-order valence-corrected chi connectivity index (χ3v) is 2.02. The standard InChI is InChI=1S/C11H11NO2/c1-2-14-9-5-3-4-8-6-7-10(13)12-11(8)9/h3-7H,2H2,1H3,(H,12,13). The SMILES string of the molecule is CCOc1cccc2ccc(=O)[nH]c12. The number of hydrogen-bond donors (Lipinski definition) is 1. The number of H-pyrrole nitrogens is 1. The van der Waals surface area contributed by atoms with Crippen molar-refractivity contribution in [1.29, 1.82) is 0 Å². The Morgan fingerprint density at radius 2 is 2.14 bits per heavy atom. The van der Waals surface area contributed by atoms with Crippen molar-refractivity contribution in [3.05, 3.63) is 40.7 Å². The fraction of sp³-hybridized carbons (Fsp3) is 0.182. The molecule has 0 spiro atoms. The van der Waals surface area contributed by atoms with Crippen LogP contribution in [0.1, 0.15) is 6.92 Å². The summed E-state index contributed by atoms with van der Waals surface area (Å²) in [6, 6.07) is 9.00. The van der Waals surface area contributed by atoms with Crippen LogP contribution in [0.2, 0.25) is 0 Å². The fourth-order valence-electron chi connectivity index (χ4n) is 1.43. The third kappa shape index (κ3) is 1.48. The van der Waals surface area contributed by atoms with Crippen LogP contribution in [-0.4, -0.2) is 11.6 Å². The predicted octanol–water partition coefficient (Wildman–Crippen LogP) is 1.93. The summed E-state index contributed by atoms with van der Waals surface area (Å²) < 4.78 is 5.40. The van der Waals surface area contributed by atoms with E-state index in [-0.39, 0.29) is 5.56 Å². The van der Waals surface area contributed by atoms with Gasteiger partial charge >= 0.3 is 0 Å². The summed E-state index contributed by atoms with van der Waals surface area (Å²) >= 11 is 0. The number of para-hydroxylation sites is 1. The molecule has 0 radical (unpaired) electrons. The van der Waals surface area contributed by atoms with E-state index in [2.05, 4.69) is 4.98 Å². The molecule has 1 N–H and O–H groups in total. The summed E-state index contributed by atoms with van der Waals surface area (Å²) in [5.41, 5.74) is 0.659. The number of rotatable bonds is 2. The van der Waals surface area contributed by atoms with Crippen LogP contribution in [0.4, 0.5) is 0 Å². The summed E-state index contributed by atoms with van der Waals surface area (Å²) in [6.45, 7) is 2.51. The van der Waals surface area contributed by atoms with E-state index < -0.39 is 0 Å². The average Bonchev–Trinajstić information content (AvgIpc) is 2.19. The minimum atomic E-state index is -0.107. The van der Waals surface area contributed by atoms with Gasteiger partial charge in [0.2, 0.25) is 5.56 Å². The lowest BCUT2D eigenvalue weighted by Gasteiger charge is -2.05. The van der Waals surface area contributed by atoms with Crippen molar-refractivity contribution in [2.75, 3.05) is 6.61 Å². The number of ether oxygens (including phenoxy) is 1. The lowest BCUT2D eigenvalue weighted by Crippen LogP contribution is -2.04. The fourth-order valence-corrected chi connectivity index (χ4v) is 1.43. The van der Waals surface area contributed by atoms with Gasteiger partial charge in [-0.3, -0.25) is 4.79 Å². The number of hydrogen-bond acceptors (Lipinski definition) is 2. The van der Waals surface area contributed by atoms with Crippen LogP contribution >= 0.6 is 0 Å². The molecule has 1 heterocycles. The van der Waals surface area contributed by atoms with Gasteiger partial charge in [0.15, 0.2) is 0 Å². The molecule has 0 aliphatic rings. The highest BCUT2D eigenvalue weighted by Gasteiger charge is 2.00. The van der Waals surface area contributed by atoms with E-state index in [1.807, 2.05) is 25.1 Å². The van der Waals surface area contributed by atoms with Crippen molar-refractivity contribution >= 4 is 10.9 Å². The molecule has 0 aliphatic heterocycles. The van der Waals surface area contributed by atoms with Gasteiger partial charge in [-0.2, -0.15) is 0 Å². The first kappa shape index (κ1) is 8.81. The third-order valence-electron chi connectivity index (χ3n) is 2.02. The largest absolute Gasteiger partial charge is 0.492 e. The molecule has 0 bridgehead atoms. The molecule has 0 atom stereocenters. The van der Waals surface area contributed by atoms with Crippen LogP contribution < -0.4 is 10.3 Å². The smallest absolute Gasteiger partial charge is 0.248 e. The van der Waals surface area contributed by atoms with E-state index in [4.69, 9.17) is 4.74 Å². The molecule has 3 nitrogen and oxygen atoms in total. The molecule has 0 unspecified atom stereocenters. The molecular weight excluding hydrogens is 178 g/mol. The Kier molecular flexibility index (Phi) is 2.23. The zero-order valence-corrected chi connectivity index (χ0v) is 7.91. The van der Waals surface area contributed by atoms with Crippen molar-refractivity contribution in [2.24, 2.45) is 0 Å². The summed E-state index contributed by atoms with van der Waals surface area (Å²) in [5, 5.41) is 0.982. The summed E-state index contributed by atoms with van der Waals surface area (Å²) in [6.07, 6.45) is 0. The number of fused-ring (bicyclic) bond motifs is 1. The van der Waals surface area contributed by atoms with Gasteiger partial charge in [0.25, 0.3) is 0 Å². The van der Waals surface area contributed by atoms with Crippen molar-refractivity contribution in [1.82, 2.24) is 4.98 Å². The Bertz CT molecular complexity index is 502. The van der Waals surface area contributed by atoms with Gasteiger partial charge in [-0.15, -0.1) is 0 Å². The molecule has 2 rings (SSSR count). The van der Waals surface area contributed by atoms with Crippen LogP contribution in [0.15, 0.2) is 35.1 Å². The molecule has 0 saturated heterocycles. The molecule has 72 valence electrons. The first-order chi connectivity index (χ1) is 6.81. The lowest BCUT2D eigenvalue weighted by atomic mass is 10.2. The quantitative estimate of drug-likeness (QED) is 0.784. The normalized spacial score (nSPS) is 10.4. The summed E-state index contributed by atoms with van der Waals surface area (Å²) in [5.74, 6) is 0.725. The molecule has 1 aromatic heterocycles. The van der Waals surface area contributed by atoms with Crippen molar-refractivity contribution in [3.63, 3.8) is 0 Å². The van der Waals surface area contributed by atoms with E-state index in [0.717, 1.165) is 16.7 Å². The molecular formula is C11H11NO2. The van der Waals surface area contributed by atoms with E-state index in [1.165, 1.54) is 6.07 Å². The number of aromatic amines is 1. The lowest BCUT2D eigenvalue weighted by molar-refractivity contribution is 0.343. The molecule has 14 heavy (non-hydrogen) atoms. The number of benzene rings is 1. The first-order valence-corrected chi connectivity index (χ1v) is 4.56. The van der Waals surface area contributed by atoms with Gasteiger partial charge in [-0.25, -0.2) is 0 Å². The van der Waals surface area contributed by atoms with E-state index in [9.17, 15) is 4.79 Å². The van der Waals surface area contributed by atoms with Crippen LogP contribution in [-0.2, 0) is 0 Å². The van der Waals surface area contributed by atoms with Crippen molar-refractivity contribution in [2.45, 2.75) is 6.92 Å². The molecule has 0 saturated carbocycles. The second-order valence-electron chi connectivity index (χ2n) is 2.98. The number of aromatic nitrogens is 1. The topological polar surface area (TPSA) is 42.1 Å². The minimum absolute atomic E-state index is 0.107. The zero-order chi connectivity index (χ0) is 9.97. The van der Waals surface area contributed by atoms with Crippen molar-refractivity contribution < 1.29 is 4.74 Å². The highest BCUT2D eigenvalue weighted by molar-refractivity contribution is 5.84. The van der Waals surface area contributed by atoms with Gasteiger partial charge in [0.1, 0.15) is 5.75 Å². The Labute approximate surface area is 81.3 Å². The first-order valence-electron chi connectivity index (χ1n) is 4.56. The zero-order valence-electron chi connectivity index (χ0n) is 7.91. The van der Waals surface area contributed by atoms with Crippen molar-refractivity contribution in [3.8, 4) is 5.75 Å². The Morgan fingerprint density at radius 3 is 2.93 bits per heavy atom. The van der Waals surface area contributed by atoms with E-state index >= 15 is 0 Å². The van der Waals surface area contributed by atoms with Gasteiger partial charge in [0.05, 0.1) is 12.1 Å². The van der Waals surface area contributed by atoms with Gasteiger partial charge in [0, 0.05) is 11.5 Å². The Morgan fingerprint density at radius 1 is 1.29 bits per heavy atom. The van der Waals surface area contributed by atoms with E-state index in [0.29, 0.717) is 6.61 Å². The summed E-state index contributed by atoms with van der Waals surface area (Å²) in [4.78, 5) is 13.9. The maximum absolute atomic E-state index is 11.1. The average molecular weight is 189 g/mol. The second-order valence-corrected chi connectivity index (χ2v) is 2.98. The van der Waals surface area contributed by atoms with Gasteiger partial charge < -0.3 is 9.72 Å². The predicted molar refractivity (Wildman–Crippen MR) is 55.7 cm³/mol. The molecule has 2 aromatic rings. The molecule has 0 amide bonds. The number of nitrogens with one attached hydrogen (secondary N) is 1. The molecule has 0 fully saturated rings. The molecule has 1 aromatic carbocycles. The van der Waals surface area contributed by atoms with Crippen LogP contribution in [0.25, 0.3) is 10.9 Å². The monoisotopic (exact) mass is 189 g/mol. The summed E-state index contributed by atoms with van der Waals surface area (Å²) in [7, 11) is 0.